The third-order valence-electron chi connectivity index (χ3n) is 5.33. The third kappa shape index (κ3) is 2.09. The second-order valence-electron chi connectivity index (χ2n) is 6.60. The van der Waals surface area contributed by atoms with Crippen LogP contribution in [0.3, 0.4) is 0 Å². The van der Waals surface area contributed by atoms with Gasteiger partial charge in [0.05, 0.1) is 18.9 Å². The van der Waals surface area contributed by atoms with Crippen molar-refractivity contribution in [3.63, 3.8) is 0 Å². The van der Waals surface area contributed by atoms with Gasteiger partial charge in [0.15, 0.2) is 0 Å². The summed E-state index contributed by atoms with van der Waals surface area (Å²) in [5.74, 6) is -2.39. The molecule has 0 saturated carbocycles. The van der Waals surface area contributed by atoms with E-state index in [1.54, 1.807) is 13.8 Å². The molecule has 2 saturated heterocycles. The monoisotopic (exact) mass is 330 g/mol. The standard InChI is InChI=1S/C18H22N2O4/c1-5-20-15(21)12-13(16(20)22)18(3,17(23)24-4)19-14(12)11-9-7-6-8-10(11)2/h6-9,12-14,19H,5H2,1-4H3/t12-,13+,14-,18-/m1/s1. The molecule has 1 N–H and O–H groups in total. The number of hydrogen-bond acceptors (Lipinski definition) is 5. The zero-order chi connectivity index (χ0) is 17.6. The predicted molar refractivity (Wildman–Crippen MR) is 86.9 cm³/mol. The molecule has 0 aromatic heterocycles. The van der Waals surface area contributed by atoms with Crippen LogP contribution in [-0.2, 0) is 19.1 Å². The van der Waals surface area contributed by atoms with Gasteiger partial charge in [-0.3, -0.25) is 24.6 Å². The first kappa shape index (κ1) is 16.6. The minimum Gasteiger partial charge on any atom is -0.468 e. The lowest BCUT2D eigenvalue weighted by Gasteiger charge is -2.28. The summed E-state index contributed by atoms with van der Waals surface area (Å²) in [6.45, 7) is 5.68. The Morgan fingerprint density at radius 2 is 1.96 bits per heavy atom. The fraction of sp³-hybridized carbons (Fsp3) is 0.500. The number of carbonyl (C=O) groups excluding carboxylic acids is 3. The van der Waals surface area contributed by atoms with Gasteiger partial charge in [0, 0.05) is 12.6 Å². The van der Waals surface area contributed by atoms with Gasteiger partial charge in [-0.25, -0.2) is 0 Å². The molecule has 128 valence electrons. The molecular formula is C18H22N2O4. The van der Waals surface area contributed by atoms with Gasteiger partial charge in [0.1, 0.15) is 5.54 Å². The lowest BCUT2D eigenvalue weighted by atomic mass is 9.80. The number of benzene rings is 1. The van der Waals surface area contributed by atoms with E-state index in [1.165, 1.54) is 12.0 Å². The summed E-state index contributed by atoms with van der Waals surface area (Å²) in [5, 5.41) is 3.24. The highest BCUT2D eigenvalue weighted by molar-refractivity contribution is 6.09. The Labute approximate surface area is 141 Å². The van der Waals surface area contributed by atoms with Gasteiger partial charge in [0.2, 0.25) is 11.8 Å². The van der Waals surface area contributed by atoms with Crippen molar-refractivity contribution >= 4 is 17.8 Å². The van der Waals surface area contributed by atoms with E-state index < -0.39 is 29.4 Å². The van der Waals surface area contributed by atoms with Crippen molar-refractivity contribution in [1.82, 2.24) is 10.2 Å². The smallest absolute Gasteiger partial charge is 0.326 e. The second kappa shape index (κ2) is 5.70. The van der Waals surface area contributed by atoms with Crippen LogP contribution < -0.4 is 5.32 Å². The van der Waals surface area contributed by atoms with Gasteiger partial charge in [-0.1, -0.05) is 24.3 Å². The van der Waals surface area contributed by atoms with E-state index in [0.29, 0.717) is 6.54 Å². The molecule has 0 unspecified atom stereocenters. The first-order chi connectivity index (χ1) is 11.4. The molecule has 0 radical (unpaired) electrons. The van der Waals surface area contributed by atoms with Crippen LogP contribution in [0, 0.1) is 18.8 Å². The van der Waals surface area contributed by atoms with Crippen molar-refractivity contribution in [2.75, 3.05) is 13.7 Å². The zero-order valence-electron chi connectivity index (χ0n) is 14.3. The van der Waals surface area contributed by atoms with Crippen molar-refractivity contribution in [3.05, 3.63) is 35.4 Å². The Bertz CT molecular complexity index is 717. The van der Waals surface area contributed by atoms with Crippen molar-refractivity contribution in [2.45, 2.75) is 32.4 Å². The Morgan fingerprint density at radius 1 is 1.29 bits per heavy atom. The van der Waals surface area contributed by atoms with E-state index in [-0.39, 0.29) is 11.8 Å². The number of fused-ring (bicyclic) bond motifs is 1. The maximum Gasteiger partial charge on any atom is 0.326 e. The van der Waals surface area contributed by atoms with E-state index in [2.05, 4.69) is 5.32 Å². The average Bonchev–Trinajstić information content (AvgIpc) is 3.02. The van der Waals surface area contributed by atoms with E-state index in [0.717, 1.165) is 11.1 Å². The van der Waals surface area contributed by atoms with Gasteiger partial charge in [-0.05, 0) is 31.9 Å². The Hall–Kier alpha value is -2.21. The summed E-state index contributed by atoms with van der Waals surface area (Å²) in [6, 6.07) is 7.31. The first-order valence-corrected chi connectivity index (χ1v) is 8.13. The van der Waals surface area contributed by atoms with Crippen LogP contribution in [0.15, 0.2) is 24.3 Å². The summed E-state index contributed by atoms with van der Waals surface area (Å²) in [7, 11) is 1.30. The molecule has 0 spiro atoms. The van der Waals surface area contributed by atoms with Crippen LogP contribution in [0.4, 0.5) is 0 Å². The molecule has 2 aliphatic heterocycles. The Kier molecular flexibility index (Phi) is 3.95. The van der Waals surface area contributed by atoms with E-state index in [9.17, 15) is 14.4 Å². The lowest BCUT2D eigenvalue weighted by molar-refractivity contribution is -0.153. The zero-order valence-corrected chi connectivity index (χ0v) is 14.3. The van der Waals surface area contributed by atoms with Crippen molar-refractivity contribution < 1.29 is 19.1 Å². The van der Waals surface area contributed by atoms with Gasteiger partial charge in [-0.2, -0.15) is 0 Å². The van der Waals surface area contributed by atoms with Crippen LogP contribution in [0.1, 0.15) is 31.0 Å². The largest absolute Gasteiger partial charge is 0.468 e. The number of nitrogens with one attached hydrogen (secondary N) is 1. The number of ether oxygens (including phenoxy) is 1. The van der Waals surface area contributed by atoms with E-state index in [1.807, 2.05) is 31.2 Å². The van der Waals surface area contributed by atoms with Crippen molar-refractivity contribution in [3.8, 4) is 0 Å². The number of rotatable bonds is 3. The summed E-state index contributed by atoms with van der Waals surface area (Å²) < 4.78 is 4.93. The summed E-state index contributed by atoms with van der Waals surface area (Å²) in [6.07, 6.45) is 0. The molecule has 6 nitrogen and oxygen atoms in total. The average molecular weight is 330 g/mol. The SMILES string of the molecule is CCN1C(=O)[C@H]2[C@@H](c3ccccc3C)N[C@@](C)(C(=O)OC)[C@@H]2C1=O. The molecule has 24 heavy (non-hydrogen) atoms. The molecular weight excluding hydrogens is 308 g/mol. The summed E-state index contributed by atoms with van der Waals surface area (Å²) in [4.78, 5) is 39.3. The number of hydrogen-bond donors (Lipinski definition) is 1. The van der Waals surface area contributed by atoms with Crippen LogP contribution in [0.25, 0.3) is 0 Å². The number of esters is 1. The minimum atomic E-state index is -1.22. The number of methoxy groups -OCH3 is 1. The maximum absolute atomic E-state index is 12.8. The number of likely N-dealkylation sites (tertiary alicyclic amines) is 1. The fourth-order valence-corrected chi connectivity index (χ4v) is 4.11. The maximum atomic E-state index is 12.8. The second-order valence-corrected chi connectivity index (χ2v) is 6.60. The van der Waals surface area contributed by atoms with Crippen LogP contribution in [0.5, 0.6) is 0 Å². The fourth-order valence-electron chi connectivity index (χ4n) is 4.11. The number of nitrogens with zero attached hydrogens (tertiary/aromatic N) is 1. The number of amides is 2. The molecule has 1 aromatic carbocycles. The van der Waals surface area contributed by atoms with Gasteiger partial charge < -0.3 is 4.74 Å². The van der Waals surface area contributed by atoms with Crippen LogP contribution in [0.2, 0.25) is 0 Å². The Morgan fingerprint density at radius 3 is 2.54 bits per heavy atom. The molecule has 2 aliphatic rings. The van der Waals surface area contributed by atoms with E-state index in [4.69, 9.17) is 4.74 Å². The van der Waals surface area contributed by atoms with Gasteiger partial charge in [0.25, 0.3) is 0 Å². The predicted octanol–water partition coefficient (Wildman–Crippen LogP) is 1.19. The van der Waals surface area contributed by atoms with Crippen molar-refractivity contribution in [2.24, 2.45) is 11.8 Å². The minimum absolute atomic E-state index is 0.221. The number of imide groups is 1. The summed E-state index contributed by atoms with van der Waals surface area (Å²) in [5.41, 5.74) is 0.723. The first-order valence-electron chi connectivity index (χ1n) is 8.13. The highest BCUT2D eigenvalue weighted by atomic mass is 16.5. The molecule has 0 bridgehead atoms. The molecule has 2 heterocycles. The molecule has 6 heteroatoms. The highest BCUT2D eigenvalue weighted by Gasteiger charge is 2.66. The molecule has 0 aliphatic carbocycles. The van der Waals surface area contributed by atoms with Crippen LogP contribution >= 0.6 is 0 Å². The highest BCUT2D eigenvalue weighted by Crippen LogP contribution is 2.49. The molecule has 2 fully saturated rings. The van der Waals surface area contributed by atoms with Crippen LogP contribution in [-0.4, -0.2) is 41.9 Å². The third-order valence-corrected chi connectivity index (χ3v) is 5.33. The number of aryl methyl sites for hydroxylation is 1. The molecule has 3 rings (SSSR count). The van der Waals surface area contributed by atoms with Gasteiger partial charge >= 0.3 is 5.97 Å². The number of carbonyl (C=O) groups is 3. The molecule has 2 amide bonds. The topological polar surface area (TPSA) is 75.7 Å². The normalized spacial score (nSPS) is 32.2. The Balaban J connectivity index is 2.13. The molecule has 1 aromatic rings. The van der Waals surface area contributed by atoms with Crippen molar-refractivity contribution in [1.29, 1.82) is 0 Å². The quantitative estimate of drug-likeness (QED) is 0.665. The lowest BCUT2D eigenvalue weighted by Crippen LogP contribution is -2.53. The molecule has 4 atom stereocenters. The van der Waals surface area contributed by atoms with E-state index >= 15 is 0 Å². The van der Waals surface area contributed by atoms with Gasteiger partial charge in [-0.15, -0.1) is 0 Å². The summed E-state index contributed by atoms with van der Waals surface area (Å²) >= 11 is 0.